The van der Waals surface area contributed by atoms with Crippen LogP contribution >= 0.6 is 23.5 Å². The fraction of sp³-hybridized carbons (Fsp3) is 0.944. The molecule has 0 unspecified atom stereocenters. The van der Waals surface area contributed by atoms with Crippen LogP contribution < -0.4 is 0 Å². The van der Waals surface area contributed by atoms with Crippen LogP contribution in [0.5, 0.6) is 0 Å². The minimum absolute atomic E-state index is 0.125. The molecule has 23 heavy (non-hydrogen) atoms. The van der Waals surface area contributed by atoms with Gasteiger partial charge in [-0.1, -0.05) is 27.7 Å². The van der Waals surface area contributed by atoms with Crippen molar-refractivity contribution in [1.29, 1.82) is 0 Å². The van der Waals surface area contributed by atoms with E-state index in [0.717, 1.165) is 25.9 Å². The van der Waals surface area contributed by atoms with Crippen LogP contribution in [0.25, 0.3) is 0 Å². The second kappa shape index (κ2) is 8.77. The Bertz CT molecular complexity index is 385. The van der Waals surface area contributed by atoms with E-state index in [2.05, 4.69) is 40.8 Å². The Balaban J connectivity index is 2.50. The Morgan fingerprint density at radius 3 is 2.30 bits per heavy atom. The first-order valence-electron chi connectivity index (χ1n) is 8.89. The SMILES string of the molecule is CC(=O)CC1(C[C@@H](C)CCO[Si](C)(C)C(C)(C)C)SCCCS1. The molecule has 0 aromatic rings. The van der Waals surface area contributed by atoms with Crippen LogP contribution in [0.4, 0.5) is 0 Å². The monoisotopic (exact) mass is 376 g/mol. The third-order valence-electron chi connectivity index (χ3n) is 5.08. The highest BCUT2D eigenvalue weighted by Crippen LogP contribution is 2.49. The summed E-state index contributed by atoms with van der Waals surface area (Å²) >= 11 is 4.04. The van der Waals surface area contributed by atoms with Crippen molar-refractivity contribution in [3.8, 4) is 0 Å². The van der Waals surface area contributed by atoms with Crippen molar-refractivity contribution in [3.63, 3.8) is 0 Å². The Morgan fingerprint density at radius 2 is 1.83 bits per heavy atom. The highest BCUT2D eigenvalue weighted by atomic mass is 32.2. The fourth-order valence-electron chi connectivity index (χ4n) is 2.65. The van der Waals surface area contributed by atoms with E-state index < -0.39 is 8.32 Å². The fourth-order valence-corrected chi connectivity index (χ4v) is 7.47. The summed E-state index contributed by atoms with van der Waals surface area (Å²) in [6.07, 6.45) is 4.23. The van der Waals surface area contributed by atoms with Crippen molar-refractivity contribution in [1.82, 2.24) is 0 Å². The van der Waals surface area contributed by atoms with Crippen LogP contribution in [-0.2, 0) is 9.22 Å². The van der Waals surface area contributed by atoms with Crippen molar-refractivity contribution in [2.75, 3.05) is 18.1 Å². The van der Waals surface area contributed by atoms with E-state index >= 15 is 0 Å². The molecular weight excluding hydrogens is 340 g/mol. The lowest BCUT2D eigenvalue weighted by molar-refractivity contribution is -0.117. The molecule has 1 aliphatic heterocycles. The van der Waals surface area contributed by atoms with Crippen LogP contribution in [0.15, 0.2) is 0 Å². The standard InChI is InChI=1S/C18H36O2S2Si/c1-15(9-10-20-23(6,7)17(3,4)5)13-18(14-16(2)19)21-11-8-12-22-18/h15H,8-14H2,1-7H3/t15-/m0/s1. The average Bonchev–Trinajstić information content (AvgIpc) is 2.36. The van der Waals surface area contributed by atoms with Gasteiger partial charge in [-0.2, -0.15) is 0 Å². The second-order valence-corrected chi connectivity index (χ2v) is 16.6. The molecule has 0 spiro atoms. The van der Waals surface area contributed by atoms with Gasteiger partial charge in [-0.25, -0.2) is 0 Å². The van der Waals surface area contributed by atoms with E-state index in [1.807, 2.05) is 23.5 Å². The molecule has 0 radical (unpaired) electrons. The Kier molecular flexibility index (Phi) is 8.23. The first-order valence-corrected chi connectivity index (χ1v) is 13.8. The maximum atomic E-state index is 11.7. The van der Waals surface area contributed by atoms with Gasteiger partial charge in [-0.3, -0.25) is 4.79 Å². The van der Waals surface area contributed by atoms with Gasteiger partial charge in [0, 0.05) is 13.0 Å². The molecule has 1 aliphatic rings. The summed E-state index contributed by atoms with van der Waals surface area (Å²) in [5, 5.41) is 0.279. The molecule has 1 rings (SSSR count). The molecule has 1 fully saturated rings. The van der Waals surface area contributed by atoms with Crippen molar-refractivity contribution in [3.05, 3.63) is 0 Å². The Hall–Kier alpha value is 0.547. The molecule has 136 valence electrons. The topological polar surface area (TPSA) is 26.3 Å². The van der Waals surface area contributed by atoms with Gasteiger partial charge in [0.25, 0.3) is 0 Å². The van der Waals surface area contributed by atoms with Crippen molar-refractivity contribution >= 4 is 37.6 Å². The Morgan fingerprint density at radius 1 is 1.26 bits per heavy atom. The minimum atomic E-state index is -1.63. The summed E-state index contributed by atoms with van der Waals surface area (Å²) in [5.41, 5.74) is 0. The predicted octanol–water partition coefficient (Wildman–Crippen LogP) is 5.97. The summed E-state index contributed by atoms with van der Waals surface area (Å²) in [5.74, 6) is 3.34. The van der Waals surface area contributed by atoms with Gasteiger partial charge in [0.05, 0.1) is 4.08 Å². The normalized spacial score (nSPS) is 20.3. The van der Waals surface area contributed by atoms with E-state index in [1.54, 1.807) is 6.92 Å². The highest BCUT2D eigenvalue weighted by Gasteiger charge is 2.38. The molecular formula is C18H36O2S2Si. The van der Waals surface area contributed by atoms with E-state index in [0.29, 0.717) is 11.7 Å². The number of hydrogen-bond donors (Lipinski definition) is 0. The van der Waals surface area contributed by atoms with Gasteiger partial charge < -0.3 is 4.43 Å². The largest absolute Gasteiger partial charge is 0.417 e. The van der Waals surface area contributed by atoms with Crippen molar-refractivity contribution < 1.29 is 9.22 Å². The van der Waals surface area contributed by atoms with E-state index in [-0.39, 0.29) is 9.12 Å². The molecule has 0 aromatic carbocycles. The molecule has 5 heteroatoms. The van der Waals surface area contributed by atoms with Crippen molar-refractivity contribution in [2.45, 2.75) is 82.5 Å². The quantitative estimate of drug-likeness (QED) is 0.487. The molecule has 0 N–H and O–H groups in total. The number of ketones is 1. The van der Waals surface area contributed by atoms with Gasteiger partial charge in [0.1, 0.15) is 5.78 Å². The maximum absolute atomic E-state index is 11.7. The summed E-state index contributed by atoms with van der Waals surface area (Å²) in [6.45, 7) is 16.4. The van der Waals surface area contributed by atoms with Crippen molar-refractivity contribution in [2.24, 2.45) is 5.92 Å². The van der Waals surface area contributed by atoms with Gasteiger partial charge in [-0.05, 0) is 61.7 Å². The van der Waals surface area contributed by atoms with Crippen LogP contribution in [0, 0.1) is 5.92 Å². The number of thioether (sulfide) groups is 2. The van der Waals surface area contributed by atoms with E-state index in [9.17, 15) is 4.79 Å². The van der Waals surface area contributed by atoms with Crippen LogP contribution in [0.3, 0.4) is 0 Å². The summed E-state index contributed by atoms with van der Waals surface area (Å²) < 4.78 is 6.45. The third kappa shape index (κ3) is 7.13. The zero-order valence-corrected chi connectivity index (χ0v) is 18.8. The summed E-state index contributed by atoms with van der Waals surface area (Å²) in [4.78, 5) is 11.7. The molecule has 1 atom stereocenters. The first-order chi connectivity index (χ1) is 10.5. The number of hydrogen-bond acceptors (Lipinski definition) is 4. The third-order valence-corrected chi connectivity index (χ3v) is 13.0. The van der Waals surface area contributed by atoms with Crippen LogP contribution in [0.1, 0.15) is 60.3 Å². The molecule has 1 saturated heterocycles. The molecule has 2 nitrogen and oxygen atoms in total. The molecule has 1 heterocycles. The lowest BCUT2D eigenvalue weighted by atomic mass is 9.99. The summed E-state index contributed by atoms with van der Waals surface area (Å²) in [7, 11) is -1.63. The predicted molar refractivity (Wildman–Crippen MR) is 109 cm³/mol. The lowest BCUT2D eigenvalue weighted by Crippen LogP contribution is -2.41. The molecule has 0 amide bonds. The zero-order chi connectivity index (χ0) is 17.7. The zero-order valence-electron chi connectivity index (χ0n) is 16.2. The number of carbonyl (C=O) groups is 1. The smallest absolute Gasteiger partial charge is 0.191 e. The molecule has 0 aliphatic carbocycles. The van der Waals surface area contributed by atoms with Crippen LogP contribution in [0.2, 0.25) is 18.1 Å². The van der Waals surface area contributed by atoms with Gasteiger partial charge in [0.2, 0.25) is 0 Å². The lowest BCUT2D eigenvalue weighted by Gasteiger charge is -2.38. The Labute approximate surface area is 153 Å². The summed E-state index contributed by atoms with van der Waals surface area (Å²) in [6, 6.07) is 0. The highest BCUT2D eigenvalue weighted by molar-refractivity contribution is 8.18. The maximum Gasteiger partial charge on any atom is 0.191 e. The minimum Gasteiger partial charge on any atom is -0.417 e. The first kappa shape index (κ1) is 21.6. The number of rotatable bonds is 8. The van der Waals surface area contributed by atoms with E-state index in [1.165, 1.54) is 17.9 Å². The van der Waals surface area contributed by atoms with Gasteiger partial charge in [0.15, 0.2) is 8.32 Å². The average molecular weight is 377 g/mol. The van der Waals surface area contributed by atoms with Gasteiger partial charge in [-0.15, -0.1) is 23.5 Å². The number of carbonyl (C=O) groups excluding carboxylic acids is 1. The molecule has 0 bridgehead atoms. The van der Waals surface area contributed by atoms with Crippen LogP contribution in [-0.4, -0.2) is 36.3 Å². The molecule has 0 saturated carbocycles. The second-order valence-electron chi connectivity index (χ2n) is 8.55. The number of Topliss-reactive ketones (excluding diaryl/α,β-unsaturated/α-hetero) is 1. The van der Waals surface area contributed by atoms with E-state index in [4.69, 9.17) is 4.43 Å². The molecule has 0 aromatic heterocycles. The van der Waals surface area contributed by atoms with Gasteiger partial charge >= 0.3 is 0 Å².